The van der Waals surface area contributed by atoms with E-state index in [4.69, 9.17) is 0 Å². The number of carbonyl (C=O) groups is 1. The Hall–Kier alpha value is -2.38. The van der Waals surface area contributed by atoms with E-state index in [0.29, 0.717) is 23.2 Å². The highest BCUT2D eigenvalue weighted by Gasteiger charge is 2.38. The highest BCUT2D eigenvalue weighted by molar-refractivity contribution is 5.98. The second-order valence-electron chi connectivity index (χ2n) is 3.98. The molecule has 8 heteroatoms. The molecule has 0 fully saturated rings. The highest BCUT2D eigenvalue weighted by atomic mass is 19.4. The number of aromatic nitrogens is 2. The van der Waals surface area contributed by atoms with Gasteiger partial charge in [-0.2, -0.15) is 18.2 Å². The summed E-state index contributed by atoms with van der Waals surface area (Å²) in [7, 11) is 0. The number of carbonyl (C=O) groups excluding carboxylic acids is 1. The lowest BCUT2D eigenvalue weighted by atomic mass is 10.1. The Bertz CT molecular complexity index is 663. The van der Waals surface area contributed by atoms with E-state index in [0.717, 1.165) is 0 Å². The van der Waals surface area contributed by atoms with Crippen LogP contribution in [0, 0.1) is 0 Å². The Balaban J connectivity index is 1.99. The van der Waals surface area contributed by atoms with E-state index >= 15 is 0 Å². The molecule has 0 saturated heterocycles. The molecule has 2 aromatic rings. The Labute approximate surface area is 104 Å². The van der Waals surface area contributed by atoms with E-state index in [-0.39, 0.29) is 11.7 Å². The summed E-state index contributed by atoms with van der Waals surface area (Å²) in [5.74, 6) is -1.75. The molecule has 0 bridgehead atoms. The van der Waals surface area contributed by atoms with Crippen molar-refractivity contribution in [1.29, 1.82) is 0 Å². The summed E-state index contributed by atoms with van der Waals surface area (Å²) in [6, 6.07) is 4.57. The van der Waals surface area contributed by atoms with Crippen molar-refractivity contribution < 1.29 is 22.5 Å². The predicted molar refractivity (Wildman–Crippen MR) is 55.9 cm³/mol. The fourth-order valence-electron chi connectivity index (χ4n) is 1.83. The minimum atomic E-state index is -4.67. The number of fused-ring (bicyclic) bond motifs is 1. The lowest BCUT2D eigenvalue weighted by Gasteiger charge is -1.98. The Morgan fingerprint density at radius 1 is 1.32 bits per heavy atom. The molecular weight excluding hydrogens is 263 g/mol. The number of alkyl halides is 3. The average molecular weight is 269 g/mol. The van der Waals surface area contributed by atoms with Gasteiger partial charge < -0.3 is 9.84 Å². The second kappa shape index (κ2) is 3.81. The van der Waals surface area contributed by atoms with Gasteiger partial charge in [-0.3, -0.25) is 4.79 Å². The van der Waals surface area contributed by atoms with Crippen LogP contribution in [0.25, 0.3) is 11.4 Å². The third-order valence-corrected chi connectivity index (χ3v) is 2.72. The molecule has 1 aliphatic rings. The van der Waals surface area contributed by atoms with Crippen molar-refractivity contribution in [1.82, 2.24) is 15.5 Å². The third kappa shape index (κ3) is 1.94. The minimum Gasteiger partial charge on any atom is -0.348 e. The first-order valence-electron chi connectivity index (χ1n) is 5.27. The van der Waals surface area contributed by atoms with Gasteiger partial charge in [0.15, 0.2) is 0 Å². The van der Waals surface area contributed by atoms with Crippen molar-refractivity contribution >= 4 is 5.91 Å². The molecule has 1 N–H and O–H groups in total. The molecule has 0 saturated carbocycles. The predicted octanol–water partition coefficient (Wildman–Crippen LogP) is 2.00. The van der Waals surface area contributed by atoms with Crippen LogP contribution >= 0.6 is 0 Å². The van der Waals surface area contributed by atoms with Gasteiger partial charge >= 0.3 is 12.1 Å². The standard InChI is InChI=1S/C11H6F3N3O2/c12-11(13,14)10-16-8(17-19-10)5-1-2-7-6(3-5)4-15-9(7)18/h1-3H,4H2,(H,15,18). The summed E-state index contributed by atoms with van der Waals surface area (Å²) in [5, 5.41) is 5.90. The number of nitrogens with one attached hydrogen (secondary N) is 1. The molecular formula is C11H6F3N3O2. The Morgan fingerprint density at radius 2 is 2.11 bits per heavy atom. The van der Waals surface area contributed by atoms with Crippen molar-refractivity contribution in [3.63, 3.8) is 0 Å². The van der Waals surface area contributed by atoms with Crippen LogP contribution in [0.1, 0.15) is 21.8 Å². The zero-order valence-electron chi connectivity index (χ0n) is 9.28. The SMILES string of the molecule is O=C1NCc2cc(-c3noc(C(F)(F)F)n3)ccc21. The molecule has 1 aromatic heterocycles. The lowest BCUT2D eigenvalue weighted by Crippen LogP contribution is -2.12. The Kier molecular flexibility index (Phi) is 2.34. The molecule has 0 aliphatic carbocycles. The van der Waals surface area contributed by atoms with Crippen LogP contribution in [0.5, 0.6) is 0 Å². The van der Waals surface area contributed by atoms with Gasteiger partial charge in [0, 0.05) is 17.7 Å². The summed E-state index contributed by atoms with van der Waals surface area (Å²) >= 11 is 0. The van der Waals surface area contributed by atoms with Crippen LogP contribution < -0.4 is 5.32 Å². The van der Waals surface area contributed by atoms with Gasteiger partial charge in [0.2, 0.25) is 5.82 Å². The van der Waals surface area contributed by atoms with E-state index < -0.39 is 12.1 Å². The molecule has 1 aromatic carbocycles. The van der Waals surface area contributed by atoms with Crippen molar-refractivity contribution in [2.24, 2.45) is 0 Å². The molecule has 19 heavy (non-hydrogen) atoms. The van der Waals surface area contributed by atoms with Crippen molar-refractivity contribution in [3.05, 3.63) is 35.2 Å². The van der Waals surface area contributed by atoms with Crippen molar-refractivity contribution in [2.45, 2.75) is 12.7 Å². The van der Waals surface area contributed by atoms with E-state index in [1.54, 1.807) is 6.07 Å². The summed E-state index contributed by atoms with van der Waals surface area (Å²) in [6.45, 7) is 0.339. The van der Waals surface area contributed by atoms with Crippen LogP contribution in [0.15, 0.2) is 22.7 Å². The van der Waals surface area contributed by atoms with Gasteiger partial charge in [0.25, 0.3) is 5.91 Å². The minimum absolute atomic E-state index is 0.158. The smallest absolute Gasteiger partial charge is 0.348 e. The number of halogens is 3. The molecule has 0 atom stereocenters. The van der Waals surface area contributed by atoms with Crippen LogP contribution in [0.4, 0.5) is 13.2 Å². The van der Waals surface area contributed by atoms with Gasteiger partial charge in [-0.25, -0.2) is 0 Å². The quantitative estimate of drug-likeness (QED) is 0.859. The number of rotatable bonds is 1. The first-order valence-corrected chi connectivity index (χ1v) is 5.27. The zero-order chi connectivity index (χ0) is 13.6. The average Bonchev–Trinajstić information content (AvgIpc) is 2.95. The number of amides is 1. The number of nitrogens with zero attached hydrogens (tertiary/aromatic N) is 2. The van der Waals surface area contributed by atoms with Crippen LogP contribution in [0.3, 0.4) is 0 Å². The van der Waals surface area contributed by atoms with Crippen LogP contribution in [-0.4, -0.2) is 16.0 Å². The van der Waals surface area contributed by atoms with Gasteiger partial charge in [0.1, 0.15) is 0 Å². The summed E-state index contributed by atoms with van der Waals surface area (Å²) in [4.78, 5) is 14.6. The van der Waals surface area contributed by atoms with Crippen LogP contribution in [0.2, 0.25) is 0 Å². The number of benzene rings is 1. The molecule has 3 rings (SSSR count). The highest BCUT2D eigenvalue weighted by Crippen LogP contribution is 2.30. The summed E-state index contributed by atoms with van der Waals surface area (Å²) in [6.07, 6.45) is -4.67. The maximum atomic E-state index is 12.3. The Morgan fingerprint density at radius 3 is 2.79 bits per heavy atom. The maximum Gasteiger partial charge on any atom is 0.471 e. The first-order chi connectivity index (χ1) is 8.95. The first kappa shape index (κ1) is 11.7. The molecule has 0 spiro atoms. The molecule has 2 heterocycles. The summed E-state index contributed by atoms with van der Waals surface area (Å²) in [5.41, 5.74) is 1.57. The van der Waals surface area contributed by atoms with E-state index in [1.807, 2.05) is 0 Å². The fourth-order valence-corrected chi connectivity index (χ4v) is 1.83. The molecule has 1 aliphatic heterocycles. The largest absolute Gasteiger partial charge is 0.471 e. The molecule has 5 nitrogen and oxygen atoms in total. The summed E-state index contributed by atoms with van der Waals surface area (Å²) < 4.78 is 41.2. The molecule has 0 unspecified atom stereocenters. The van der Waals surface area contributed by atoms with Gasteiger partial charge in [-0.15, -0.1) is 0 Å². The van der Waals surface area contributed by atoms with Gasteiger partial charge in [-0.1, -0.05) is 11.2 Å². The van der Waals surface area contributed by atoms with E-state index in [2.05, 4.69) is 20.0 Å². The lowest BCUT2D eigenvalue weighted by molar-refractivity contribution is -0.159. The third-order valence-electron chi connectivity index (χ3n) is 2.72. The fraction of sp³-hybridized carbons (Fsp3) is 0.182. The molecule has 1 amide bonds. The number of hydrogen-bond donors (Lipinski definition) is 1. The maximum absolute atomic E-state index is 12.3. The van der Waals surface area contributed by atoms with Gasteiger partial charge in [-0.05, 0) is 17.7 Å². The molecule has 0 radical (unpaired) electrons. The zero-order valence-corrected chi connectivity index (χ0v) is 9.28. The monoisotopic (exact) mass is 269 g/mol. The van der Waals surface area contributed by atoms with E-state index in [9.17, 15) is 18.0 Å². The molecule has 98 valence electrons. The number of hydrogen-bond acceptors (Lipinski definition) is 4. The topological polar surface area (TPSA) is 68.0 Å². The second-order valence-corrected chi connectivity index (χ2v) is 3.98. The van der Waals surface area contributed by atoms with Crippen molar-refractivity contribution in [3.8, 4) is 11.4 Å². The van der Waals surface area contributed by atoms with E-state index in [1.165, 1.54) is 12.1 Å². The normalized spacial score (nSPS) is 14.4. The van der Waals surface area contributed by atoms with Crippen LogP contribution in [-0.2, 0) is 12.7 Å². The van der Waals surface area contributed by atoms with Gasteiger partial charge in [0.05, 0.1) is 0 Å². The van der Waals surface area contributed by atoms with Crippen molar-refractivity contribution in [2.75, 3.05) is 0 Å².